The fourth-order valence-corrected chi connectivity index (χ4v) is 4.31. The number of rotatable bonds is 1. The van der Waals surface area contributed by atoms with E-state index in [1.54, 1.807) is 0 Å². The van der Waals surface area contributed by atoms with Crippen LogP contribution in [0, 0.1) is 6.92 Å². The van der Waals surface area contributed by atoms with Crippen molar-refractivity contribution in [2.24, 2.45) is 7.05 Å². The van der Waals surface area contributed by atoms with Gasteiger partial charge in [-0.1, -0.05) is 24.3 Å². The average molecular weight is 289 g/mol. The van der Waals surface area contributed by atoms with E-state index in [1.807, 2.05) is 0 Å². The van der Waals surface area contributed by atoms with Crippen molar-refractivity contribution in [3.05, 3.63) is 59.3 Å². The molecule has 2 bridgehead atoms. The second-order valence-corrected chi connectivity index (χ2v) is 6.62. The molecular formula is C20H19NO. The van der Waals surface area contributed by atoms with Crippen molar-refractivity contribution in [1.82, 2.24) is 4.57 Å². The second kappa shape index (κ2) is 4.23. The first-order valence-corrected chi connectivity index (χ1v) is 8.07. The molecule has 2 aromatic carbocycles. The molecule has 2 unspecified atom stereocenters. The number of hydrogen-bond donors (Lipinski definition) is 0. The van der Waals surface area contributed by atoms with Crippen molar-refractivity contribution in [1.29, 1.82) is 0 Å². The Labute approximate surface area is 130 Å². The Morgan fingerprint density at radius 1 is 1.05 bits per heavy atom. The minimum absolute atomic E-state index is 0.307. The van der Waals surface area contributed by atoms with Crippen LogP contribution in [0.4, 0.5) is 0 Å². The molecule has 2 heteroatoms. The summed E-state index contributed by atoms with van der Waals surface area (Å²) in [7, 11) is 2.15. The Morgan fingerprint density at radius 2 is 1.86 bits per heavy atom. The highest BCUT2D eigenvalue weighted by atomic mass is 16.5. The molecule has 5 rings (SSSR count). The lowest BCUT2D eigenvalue weighted by Crippen LogP contribution is -2.02. The highest BCUT2D eigenvalue weighted by Gasteiger charge is 2.40. The lowest BCUT2D eigenvalue weighted by Gasteiger charge is -2.17. The zero-order chi connectivity index (χ0) is 14.8. The molecule has 0 aliphatic carbocycles. The predicted molar refractivity (Wildman–Crippen MR) is 88.9 cm³/mol. The molecule has 22 heavy (non-hydrogen) atoms. The van der Waals surface area contributed by atoms with Crippen LogP contribution in [0.2, 0.25) is 0 Å². The summed E-state index contributed by atoms with van der Waals surface area (Å²) in [6.07, 6.45) is 5.13. The van der Waals surface area contributed by atoms with Crippen LogP contribution in [0.1, 0.15) is 41.7 Å². The minimum atomic E-state index is 0.307. The molecule has 3 heterocycles. The highest BCUT2D eigenvalue weighted by molar-refractivity contribution is 5.99. The number of aromatic nitrogens is 1. The second-order valence-electron chi connectivity index (χ2n) is 6.62. The van der Waals surface area contributed by atoms with Crippen LogP contribution < -0.4 is 0 Å². The van der Waals surface area contributed by atoms with Gasteiger partial charge in [0.15, 0.2) is 0 Å². The van der Waals surface area contributed by atoms with Crippen molar-refractivity contribution >= 4 is 10.9 Å². The van der Waals surface area contributed by atoms with Crippen LogP contribution in [0.5, 0.6) is 0 Å². The fraction of sp³-hybridized carbons (Fsp3) is 0.300. The van der Waals surface area contributed by atoms with Gasteiger partial charge < -0.3 is 9.30 Å². The Hall–Kier alpha value is -2.06. The van der Waals surface area contributed by atoms with Crippen molar-refractivity contribution in [3.63, 3.8) is 0 Å². The molecule has 3 aromatic rings. The summed E-state index contributed by atoms with van der Waals surface area (Å²) >= 11 is 0. The molecule has 2 aliphatic rings. The van der Waals surface area contributed by atoms with E-state index in [0.29, 0.717) is 12.2 Å². The van der Waals surface area contributed by atoms with E-state index in [2.05, 4.69) is 61.1 Å². The maximum atomic E-state index is 6.18. The molecule has 1 saturated heterocycles. The molecule has 0 spiro atoms. The molecular weight excluding hydrogens is 270 g/mol. The third kappa shape index (κ3) is 1.48. The van der Waals surface area contributed by atoms with Gasteiger partial charge in [-0.2, -0.15) is 0 Å². The molecule has 0 amide bonds. The van der Waals surface area contributed by atoms with Gasteiger partial charge in [0.05, 0.1) is 17.7 Å². The van der Waals surface area contributed by atoms with Crippen molar-refractivity contribution < 1.29 is 4.74 Å². The Balaban J connectivity index is 1.90. The van der Waals surface area contributed by atoms with Crippen LogP contribution in [-0.4, -0.2) is 4.57 Å². The molecule has 2 atom stereocenters. The van der Waals surface area contributed by atoms with E-state index in [1.165, 1.54) is 51.6 Å². The number of hydrogen-bond acceptors (Lipinski definition) is 1. The summed E-state index contributed by atoms with van der Waals surface area (Å²) in [5.41, 5.74) is 8.24. The van der Waals surface area contributed by atoms with E-state index in [-0.39, 0.29) is 0 Å². The largest absolute Gasteiger partial charge is 0.366 e. The lowest BCUT2D eigenvalue weighted by atomic mass is 9.86. The van der Waals surface area contributed by atoms with Gasteiger partial charge in [-0.15, -0.1) is 0 Å². The standard InChI is InChI=1S/C20H19NO/c1-12-5-3-4-6-13(12)15-11-16-17-7-8-18(22-17)19(16)20-14(15)9-10-21(20)2/h3-6,9-11,17-18H,7-8H2,1-2H3. The van der Waals surface area contributed by atoms with Crippen molar-refractivity contribution in [2.75, 3.05) is 0 Å². The third-order valence-corrected chi connectivity index (χ3v) is 5.35. The van der Waals surface area contributed by atoms with E-state index < -0.39 is 0 Å². The molecule has 1 fully saturated rings. The number of fused-ring (bicyclic) bond motifs is 7. The highest BCUT2D eigenvalue weighted by Crippen LogP contribution is 2.54. The van der Waals surface area contributed by atoms with E-state index in [4.69, 9.17) is 4.74 Å². The molecule has 1 aromatic heterocycles. The summed E-state index contributed by atoms with van der Waals surface area (Å²) in [5, 5.41) is 1.35. The average Bonchev–Trinajstić information content (AvgIpc) is 3.22. The summed E-state index contributed by atoms with van der Waals surface area (Å²) in [6, 6.07) is 13.3. The zero-order valence-corrected chi connectivity index (χ0v) is 13.0. The summed E-state index contributed by atoms with van der Waals surface area (Å²) < 4.78 is 8.45. The summed E-state index contributed by atoms with van der Waals surface area (Å²) in [6.45, 7) is 2.19. The minimum Gasteiger partial charge on any atom is -0.366 e. The van der Waals surface area contributed by atoms with E-state index in [9.17, 15) is 0 Å². The Kier molecular flexibility index (Phi) is 2.40. The molecule has 2 nitrogen and oxygen atoms in total. The monoisotopic (exact) mass is 289 g/mol. The fourth-order valence-electron chi connectivity index (χ4n) is 4.31. The van der Waals surface area contributed by atoms with Gasteiger partial charge in [0.25, 0.3) is 0 Å². The smallest absolute Gasteiger partial charge is 0.0858 e. The van der Waals surface area contributed by atoms with Crippen LogP contribution in [0.25, 0.3) is 22.0 Å². The maximum Gasteiger partial charge on any atom is 0.0858 e. The molecule has 110 valence electrons. The first-order chi connectivity index (χ1) is 10.7. The molecule has 0 saturated carbocycles. The lowest BCUT2D eigenvalue weighted by molar-refractivity contribution is 0.0720. The van der Waals surface area contributed by atoms with Crippen LogP contribution in [-0.2, 0) is 11.8 Å². The third-order valence-electron chi connectivity index (χ3n) is 5.35. The number of ether oxygens (including phenoxy) is 1. The quantitative estimate of drug-likeness (QED) is 0.610. The maximum absolute atomic E-state index is 6.18. The van der Waals surface area contributed by atoms with Gasteiger partial charge in [-0.05, 0) is 54.2 Å². The number of nitrogens with zero attached hydrogens (tertiary/aromatic N) is 1. The Morgan fingerprint density at radius 3 is 2.73 bits per heavy atom. The van der Waals surface area contributed by atoms with Gasteiger partial charge in [-0.25, -0.2) is 0 Å². The molecule has 0 N–H and O–H groups in total. The SMILES string of the molecule is Cc1ccccc1-c1cc2c(c3c1ccn3C)C1CCC2O1. The Bertz CT molecular complexity index is 905. The van der Waals surface area contributed by atoms with Crippen LogP contribution >= 0.6 is 0 Å². The van der Waals surface area contributed by atoms with Crippen molar-refractivity contribution in [3.8, 4) is 11.1 Å². The number of aryl methyl sites for hydroxylation is 2. The summed E-state index contributed by atoms with van der Waals surface area (Å²) in [5.74, 6) is 0. The summed E-state index contributed by atoms with van der Waals surface area (Å²) in [4.78, 5) is 0. The van der Waals surface area contributed by atoms with Gasteiger partial charge in [0, 0.05) is 24.2 Å². The first-order valence-electron chi connectivity index (χ1n) is 8.07. The van der Waals surface area contributed by atoms with E-state index in [0.717, 1.165) is 0 Å². The van der Waals surface area contributed by atoms with Gasteiger partial charge >= 0.3 is 0 Å². The van der Waals surface area contributed by atoms with Crippen LogP contribution in [0.15, 0.2) is 42.6 Å². The zero-order valence-electron chi connectivity index (χ0n) is 13.0. The van der Waals surface area contributed by atoms with Gasteiger partial charge in [0.1, 0.15) is 0 Å². The topological polar surface area (TPSA) is 14.2 Å². The van der Waals surface area contributed by atoms with Gasteiger partial charge in [-0.3, -0.25) is 0 Å². The normalized spacial score (nSPS) is 22.5. The number of benzene rings is 2. The van der Waals surface area contributed by atoms with E-state index >= 15 is 0 Å². The first kappa shape index (κ1) is 12.5. The van der Waals surface area contributed by atoms with Gasteiger partial charge in [0.2, 0.25) is 0 Å². The molecule has 0 radical (unpaired) electrons. The predicted octanol–water partition coefficient (Wildman–Crippen LogP) is 5.06. The van der Waals surface area contributed by atoms with Crippen molar-refractivity contribution in [2.45, 2.75) is 32.0 Å². The van der Waals surface area contributed by atoms with Crippen LogP contribution in [0.3, 0.4) is 0 Å². The molecule has 2 aliphatic heterocycles.